The van der Waals surface area contributed by atoms with Crippen molar-refractivity contribution in [2.75, 3.05) is 18.4 Å². The van der Waals surface area contributed by atoms with E-state index in [0.717, 1.165) is 18.8 Å². The molecule has 17 heavy (non-hydrogen) atoms. The van der Waals surface area contributed by atoms with Crippen LogP contribution in [0.3, 0.4) is 0 Å². The van der Waals surface area contributed by atoms with Crippen LogP contribution in [0.1, 0.15) is 36.7 Å². The predicted octanol–water partition coefficient (Wildman–Crippen LogP) is 2.04. The van der Waals surface area contributed by atoms with Crippen LogP contribution >= 0.6 is 0 Å². The van der Waals surface area contributed by atoms with E-state index in [1.165, 1.54) is 19.3 Å². The Bertz CT molecular complexity index is 388. The number of anilines is 1. The van der Waals surface area contributed by atoms with Gasteiger partial charge < -0.3 is 10.6 Å². The van der Waals surface area contributed by atoms with Gasteiger partial charge in [0.05, 0.1) is 0 Å². The van der Waals surface area contributed by atoms with E-state index in [4.69, 9.17) is 0 Å². The lowest BCUT2D eigenvalue weighted by Gasteiger charge is -2.25. The molecule has 2 rings (SSSR count). The molecule has 0 saturated heterocycles. The standard InChI is InChI=1S/C13H19N3O/c1-2-14-11-6-7-15-12(8-11)13(17)16-9-10-4-3-5-10/h6-8,10H,2-5,9H2,1H3,(H,14,15)(H,16,17). The number of carbonyl (C=O) groups excluding carboxylic acids is 1. The van der Waals surface area contributed by atoms with Crippen LogP contribution in [-0.4, -0.2) is 24.0 Å². The predicted molar refractivity (Wildman–Crippen MR) is 68.1 cm³/mol. The minimum atomic E-state index is -0.0725. The molecule has 4 nitrogen and oxygen atoms in total. The molecule has 0 atom stereocenters. The van der Waals surface area contributed by atoms with Gasteiger partial charge in [0.15, 0.2) is 0 Å². The molecule has 4 heteroatoms. The molecule has 92 valence electrons. The summed E-state index contributed by atoms with van der Waals surface area (Å²) in [5, 5.41) is 6.11. The second-order valence-corrected chi connectivity index (χ2v) is 4.47. The highest BCUT2D eigenvalue weighted by molar-refractivity contribution is 5.93. The maximum absolute atomic E-state index is 11.8. The van der Waals surface area contributed by atoms with Gasteiger partial charge in [0.2, 0.25) is 0 Å². The Labute approximate surface area is 102 Å². The highest BCUT2D eigenvalue weighted by atomic mass is 16.1. The fraction of sp³-hybridized carbons (Fsp3) is 0.538. The molecular weight excluding hydrogens is 214 g/mol. The Morgan fingerprint density at radius 1 is 1.53 bits per heavy atom. The smallest absolute Gasteiger partial charge is 0.269 e. The first kappa shape index (κ1) is 11.9. The van der Waals surface area contributed by atoms with Crippen molar-refractivity contribution >= 4 is 11.6 Å². The van der Waals surface area contributed by atoms with Gasteiger partial charge in [-0.25, -0.2) is 0 Å². The van der Waals surface area contributed by atoms with Crippen molar-refractivity contribution in [1.82, 2.24) is 10.3 Å². The van der Waals surface area contributed by atoms with Gasteiger partial charge in [-0.2, -0.15) is 0 Å². The van der Waals surface area contributed by atoms with Gasteiger partial charge in [-0.05, 0) is 37.8 Å². The van der Waals surface area contributed by atoms with E-state index in [-0.39, 0.29) is 5.91 Å². The number of hydrogen-bond acceptors (Lipinski definition) is 3. The molecule has 1 aromatic heterocycles. The van der Waals surface area contributed by atoms with E-state index >= 15 is 0 Å². The topological polar surface area (TPSA) is 54.0 Å². The molecule has 1 aliphatic rings. The van der Waals surface area contributed by atoms with Crippen LogP contribution in [0, 0.1) is 5.92 Å². The van der Waals surface area contributed by atoms with Gasteiger partial charge in [-0.3, -0.25) is 9.78 Å². The third kappa shape index (κ3) is 3.19. The van der Waals surface area contributed by atoms with Gasteiger partial charge in [0, 0.05) is 25.0 Å². The molecule has 1 fully saturated rings. The molecule has 0 spiro atoms. The van der Waals surface area contributed by atoms with Gasteiger partial charge in [-0.15, -0.1) is 0 Å². The van der Waals surface area contributed by atoms with Crippen molar-refractivity contribution in [2.45, 2.75) is 26.2 Å². The Morgan fingerprint density at radius 3 is 3.00 bits per heavy atom. The summed E-state index contributed by atoms with van der Waals surface area (Å²) in [6.07, 6.45) is 5.45. The Kier molecular flexibility index (Phi) is 3.96. The number of nitrogens with zero attached hydrogens (tertiary/aromatic N) is 1. The summed E-state index contributed by atoms with van der Waals surface area (Å²) < 4.78 is 0. The summed E-state index contributed by atoms with van der Waals surface area (Å²) in [5.74, 6) is 0.604. The fourth-order valence-electron chi connectivity index (χ4n) is 1.89. The van der Waals surface area contributed by atoms with E-state index in [9.17, 15) is 4.79 Å². The van der Waals surface area contributed by atoms with E-state index < -0.39 is 0 Å². The van der Waals surface area contributed by atoms with Crippen LogP contribution < -0.4 is 10.6 Å². The van der Waals surface area contributed by atoms with Crippen molar-refractivity contribution in [3.63, 3.8) is 0 Å². The van der Waals surface area contributed by atoms with Gasteiger partial charge in [0.25, 0.3) is 5.91 Å². The zero-order chi connectivity index (χ0) is 12.1. The van der Waals surface area contributed by atoms with Gasteiger partial charge in [-0.1, -0.05) is 6.42 Å². The van der Waals surface area contributed by atoms with Crippen LogP contribution in [-0.2, 0) is 0 Å². The van der Waals surface area contributed by atoms with Crippen LogP contribution in [0.15, 0.2) is 18.3 Å². The quantitative estimate of drug-likeness (QED) is 0.818. The highest BCUT2D eigenvalue weighted by Crippen LogP contribution is 2.25. The molecule has 1 saturated carbocycles. The van der Waals surface area contributed by atoms with Crippen molar-refractivity contribution < 1.29 is 4.79 Å². The van der Waals surface area contributed by atoms with Crippen LogP contribution in [0.2, 0.25) is 0 Å². The Hall–Kier alpha value is -1.58. The number of carbonyl (C=O) groups is 1. The molecule has 0 aliphatic heterocycles. The Balaban J connectivity index is 1.90. The number of nitrogens with one attached hydrogen (secondary N) is 2. The second-order valence-electron chi connectivity index (χ2n) is 4.47. The summed E-state index contributed by atoms with van der Waals surface area (Å²) in [7, 11) is 0. The van der Waals surface area contributed by atoms with E-state index in [1.807, 2.05) is 13.0 Å². The van der Waals surface area contributed by atoms with E-state index in [2.05, 4.69) is 15.6 Å². The lowest BCUT2D eigenvalue weighted by Crippen LogP contribution is -2.32. The van der Waals surface area contributed by atoms with Crippen molar-refractivity contribution in [2.24, 2.45) is 5.92 Å². The summed E-state index contributed by atoms with van der Waals surface area (Å²) in [6.45, 7) is 3.65. The third-order valence-electron chi connectivity index (χ3n) is 3.15. The lowest BCUT2D eigenvalue weighted by atomic mass is 9.85. The zero-order valence-electron chi connectivity index (χ0n) is 10.2. The summed E-state index contributed by atoms with van der Waals surface area (Å²) in [6, 6.07) is 3.66. The van der Waals surface area contributed by atoms with E-state index in [0.29, 0.717) is 11.6 Å². The molecule has 0 radical (unpaired) electrons. The van der Waals surface area contributed by atoms with Crippen molar-refractivity contribution in [1.29, 1.82) is 0 Å². The number of hydrogen-bond donors (Lipinski definition) is 2. The van der Waals surface area contributed by atoms with Gasteiger partial charge in [0.1, 0.15) is 5.69 Å². The normalized spacial score (nSPS) is 15.1. The third-order valence-corrected chi connectivity index (χ3v) is 3.15. The molecule has 0 unspecified atom stereocenters. The zero-order valence-corrected chi connectivity index (χ0v) is 10.2. The highest BCUT2D eigenvalue weighted by Gasteiger charge is 2.18. The molecule has 1 aromatic rings. The molecule has 1 amide bonds. The summed E-state index contributed by atoms with van der Waals surface area (Å²) >= 11 is 0. The number of amides is 1. The first-order valence-corrected chi connectivity index (χ1v) is 6.27. The minimum absolute atomic E-state index is 0.0725. The molecule has 0 bridgehead atoms. The lowest BCUT2D eigenvalue weighted by molar-refractivity contribution is 0.0934. The maximum atomic E-state index is 11.8. The molecule has 2 N–H and O–H groups in total. The van der Waals surface area contributed by atoms with Crippen molar-refractivity contribution in [3.8, 4) is 0 Å². The molecule has 1 heterocycles. The second kappa shape index (κ2) is 5.66. The average Bonchev–Trinajstić information content (AvgIpc) is 2.27. The van der Waals surface area contributed by atoms with Crippen molar-refractivity contribution in [3.05, 3.63) is 24.0 Å². The van der Waals surface area contributed by atoms with Crippen LogP contribution in [0.4, 0.5) is 5.69 Å². The Morgan fingerprint density at radius 2 is 2.35 bits per heavy atom. The summed E-state index contributed by atoms with van der Waals surface area (Å²) in [4.78, 5) is 15.9. The van der Waals surface area contributed by atoms with Crippen LogP contribution in [0.25, 0.3) is 0 Å². The molecule has 0 aromatic carbocycles. The first-order chi connectivity index (χ1) is 8.29. The van der Waals surface area contributed by atoms with E-state index in [1.54, 1.807) is 12.3 Å². The molecule has 1 aliphatic carbocycles. The SMILES string of the molecule is CCNc1ccnc(C(=O)NCC2CCC2)c1. The number of aromatic nitrogens is 1. The minimum Gasteiger partial charge on any atom is -0.385 e. The molecular formula is C13H19N3O. The van der Waals surface area contributed by atoms with Gasteiger partial charge >= 0.3 is 0 Å². The average molecular weight is 233 g/mol. The fourth-order valence-corrected chi connectivity index (χ4v) is 1.89. The largest absolute Gasteiger partial charge is 0.385 e. The number of pyridine rings is 1. The monoisotopic (exact) mass is 233 g/mol. The first-order valence-electron chi connectivity index (χ1n) is 6.27. The number of rotatable bonds is 5. The maximum Gasteiger partial charge on any atom is 0.269 e. The summed E-state index contributed by atoms with van der Waals surface area (Å²) in [5.41, 5.74) is 1.43. The van der Waals surface area contributed by atoms with Crippen LogP contribution in [0.5, 0.6) is 0 Å².